The molecule has 2 aromatic rings. The van der Waals surface area contributed by atoms with Crippen LogP contribution in [0.5, 0.6) is 5.75 Å². The van der Waals surface area contributed by atoms with Gasteiger partial charge in [0.2, 0.25) is 0 Å². The number of rotatable bonds is 7. The summed E-state index contributed by atoms with van der Waals surface area (Å²) in [5.74, 6) is 0.822. The number of nitrogens with zero attached hydrogens (tertiary/aromatic N) is 1. The van der Waals surface area contributed by atoms with Crippen LogP contribution in [0.15, 0.2) is 60.7 Å². The van der Waals surface area contributed by atoms with Crippen molar-refractivity contribution in [2.24, 2.45) is 0 Å². The fraction of sp³-hybridized carbons (Fsp3) is 0.400. The van der Waals surface area contributed by atoms with Crippen LogP contribution >= 0.6 is 0 Å². The van der Waals surface area contributed by atoms with Crippen molar-refractivity contribution in [1.29, 1.82) is 0 Å². The molecule has 0 saturated carbocycles. The van der Waals surface area contributed by atoms with Crippen LogP contribution in [0.1, 0.15) is 18.4 Å². The molecule has 122 valence electrons. The largest absolute Gasteiger partial charge is 0.491 e. The third-order valence-electron chi connectivity index (χ3n) is 4.66. The molecule has 1 N–H and O–H groups in total. The first-order valence-electron chi connectivity index (χ1n) is 8.51. The summed E-state index contributed by atoms with van der Waals surface area (Å²) in [6, 6.07) is 20.3. The van der Waals surface area contributed by atoms with E-state index in [1.165, 1.54) is 18.4 Å². The number of aliphatic hydroxyl groups is 1. The molecular weight excluding hydrogens is 286 g/mol. The van der Waals surface area contributed by atoms with Crippen LogP contribution in [-0.2, 0) is 6.54 Å². The topological polar surface area (TPSA) is 29.5 Å². The molecule has 1 fully saturated rings. The second-order valence-corrected chi connectivity index (χ2v) is 6.60. The van der Waals surface area contributed by atoms with Crippen molar-refractivity contribution in [3.63, 3.8) is 0 Å². The van der Waals surface area contributed by atoms with Gasteiger partial charge in [-0.15, -0.1) is 0 Å². The van der Waals surface area contributed by atoms with E-state index in [4.69, 9.17) is 4.74 Å². The highest BCUT2D eigenvalue weighted by Gasteiger charge is 2.34. The molecular formula is C20H26NO2+. The maximum absolute atomic E-state index is 10.5. The Morgan fingerprint density at radius 3 is 2.17 bits per heavy atom. The lowest BCUT2D eigenvalue weighted by Gasteiger charge is -2.36. The molecule has 3 heteroatoms. The van der Waals surface area contributed by atoms with E-state index in [0.29, 0.717) is 6.61 Å². The summed E-state index contributed by atoms with van der Waals surface area (Å²) in [5, 5.41) is 10.5. The van der Waals surface area contributed by atoms with Gasteiger partial charge in [0, 0.05) is 18.4 Å². The maximum Gasteiger partial charge on any atom is 0.137 e. The van der Waals surface area contributed by atoms with Gasteiger partial charge in [0.1, 0.15) is 31.5 Å². The minimum Gasteiger partial charge on any atom is -0.491 e. The van der Waals surface area contributed by atoms with Gasteiger partial charge in [-0.2, -0.15) is 0 Å². The summed E-state index contributed by atoms with van der Waals surface area (Å²) < 4.78 is 6.69. The first-order valence-corrected chi connectivity index (χ1v) is 8.51. The molecule has 0 aromatic heterocycles. The molecule has 1 aliphatic heterocycles. The van der Waals surface area contributed by atoms with E-state index in [0.717, 1.165) is 36.4 Å². The zero-order valence-electron chi connectivity index (χ0n) is 13.6. The average molecular weight is 312 g/mol. The molecule has 1 heterocycles. The Hall–Kier alpha value is -1.84. The van der Waals surface area contributed by atoms with Crippen LogP contribution in [0.4, 0.5) is 0 Å². The van der Waals surface area contributed by atoms with Gasteiger partial charge in [-0.3, -0.25) is 0 Å². The Kier molecular flexibility index (Phi) is 5.31. The highest BCUT2D eigenvalue weighted by Crippen LogP contribution is 2.24. The highest BCUT2D eigenvalue weighted by molar-refractivity contribution is 5.20. The fourth-order valence-corrected chi connectivity index (χ4v) is 3.59. The number of likely N-dealkylation sites (tertiary alicyclic amines) is 1. The average Bonchev–Trinajstić information content (AvgIpc) is 3.03. The molecule has 1 saturated heterocycles. The van der Waals surface area contributed by atoms with E-state index in [1.54, 1.807) is 0 Å². The molecule has 0 bridgehead atoms. The summed E-state index contributed by atoms with van der Waals surface area (Å²) in [5.41, 5.74) is 1.35. The predicted molar refractivity (Wildman–Crippen MR) is 92.2 cm³/mol. The van der Waals surface area contributed by atoms with Crippen molar-refractivity contribution in [3.05, 3.63) is 66.2 Å². The first kappa shape index (κ1) is 16.0. The van der Waals surface area contributed by atoms with Crippen LogP contribution < -0.4 is 4.74 Å². The monoisotopic (exact) mass is 312 g/mol. The van der Waals surface area contributed by atoms with Gasteiger partial charge in [-0.05, 0) is 12.1 Å². The van der Waals surface area contributed by atoms with Gasteiger partial charge in [0.05, 0.1) is 13.1 Å². The summed E-state index contributed by atoms with van der Waals surface area (Å²) in [4.78, 5) is 0. The van der Waals surface area contributed by atoms with E-state index in [9.17, 15) is 5.11 Å². The van der Waals surface area contributed by atoms with Gasteiger partial charge >= 0.3 is 0 Å². The molecule has 1 aliphatic rings. The van der Waals surface area contributed by atoms with Gasteiger partial charge in [-0.1, -0.05) is 48.5 Å². The third kappa shape index (κ3) is 4.57. The Bertz CT molecular complexity index is 579. The van der Waals surface area contributed by atoms with E-state index in [-0.39, 0.29) is 0 Å². The Labute approximate surface area is 138 Å². The molecule has 0 radical (unpaired) electrons. The van der Waals surface area contributed by atoms with Crippen LogP contribution in [0.25, 0.3) is 0 Å². The van der Waals surface area contributed by atoms with Crippen molar-refractivity contribution < 1.29 is 14.3 Å². The number of aliphatic hydroxyl groups excluding tert-OH is 1. The van der Waals surface area contributed by atoms with Gasteiger partial charge in [0.15, 0.2) is 0 Å². The Morgan fingerprint density at radius 2 is 1.52 bits per heavy atom. The second-order valence-electron chi connectivity index (χ2n) is 6.60. The highest BCUT2D eigenvalue weighted by atomic mass is 16.5. The lowest BCUT2D eigenvalue weighted by Crippen LogP contribution is -2.50. The molecule has 2 aromatic carbocycles. The molecule has 23 heavy (non-hydrogen) atoms. The van der Waals surface area contributed by atoms with Crippen molar-refractivity contribution in [2.75, 3.05) is 26.2 Å². The second kappa shape index (κ2) is 7.62. The van der Waals surface area contributed by atoms with Crippen LogP contribution in [-0.4, -0.2) is 41.9 Å². The number of benzene rings is 2. The van der Waals surface area contributed by atoms with E-state index in [2.05, 4.69) is 30.3 Å². The van der Waals surface area contributed by atoms with Crippen LogP contribution in [0.2, 0.25) is 0 Å². The zero-order valence-corrected chi connectivity index (χ0v) is 13.6. The minimum atomic E-state index is -0.433. The summed E-state index contributed by atoms with van der Waals surface area (Å²) >= 11 is 0. The van der Waals surface area contributed by atoms with Crippen LogP contribution in [0, 0.1) is 0 Å². The summed E-state index contributed by atoms with van der Waals surface area (Å²) in [7, 11) is 0. The number of hydrogen-bond donors (Lipinski definition) is 1. The van der Waals surface area contributed by atoms with E-state index in [1.807, 2.05) is 30.3 Å². The normalized spacial score (nSPS) is 17.8. The maximum atomic E-state index is 10.5. The molecule has 1 atom stereocenters. The van der Waals surface area contributed by atoms with Gasteiger partial charge < -0.3 is 14.3 Å². The van der Waals surface area contributed by atoms with Crippen molar-refractivity contribution in [3.8, 4) is 5.75 Å². The van der Waals surface area contributed by atoms with Crippen molar-refractivity contribution >= 4 is 0 Å². The van der Waals surface area contributed by atoms with E-state index < -0.39 is 6.10 Å². The number of hydrogen-bond acceptors (Lipinski definition) is 2. The smallest absolute Gasteiger partial charge is 0.137 e. The molecule has 3 rings (SSSR count). The Balaban J connectivity index is 1.58. The standard InChI is InChI=1S/C20H26NO2/c22-19(17-23-20-11-5-2-6-12-20)16-21(13-7-8-14-21)15-18-9-3-1-4-10-18/h1-6,9-12,19,22H,7-8,13-17H2/q+1. The minimum absolute atomic E-state index is 0.360. The zero-order chi connectivity index (χ0) is 16.0. The lowest BCUT2D eigenvalue weighted by molar-refractivity contribution is -0.932. The van der Waals surface area contributed by atoms with Crippen LogP contribution in [0.3, 0.4) is 0 Å². The van der Waals surface area contributed by atoms with Crippen molar-refractivity contribution in [2.45, 2.75) is 25.5 Å². The SMILES string of the molecule is OC(COc1ccccc1)C[N+]1(Cc2ccccc2)CCCC1. The fourth-order valence-electron chi connectivity index (χ4n) is 3.59. The number of para-hydroxylation sites is 1. The van der Waals surface area contributed by atoms with Gasteiger partial charge in [-0.25, -0.2) is 0 Å². The van der Waals surface area contributed by atoms with Crippen molar-refractivity contribution in [1.82, 2.24) is 0 Å². The number of ether oxygens (including phenoxy) is 1. The quantitative estimate of drug-likeness (QED) is 0.795. The Morgan fingerprint density at radius 1 is 0.913 bits per heavy atom. The molecule has 0 amide bonds. The summed E-state index contributed by atoms with van der Waals surface area (Å²) in [6.45, 7) is 4.43. The lowest BCUT2D eigenvalue weighted by atomic mass is 10.1. The van der Waals surface area contributed by atoms with Gasteiger partial charge in [0.25, 0.3) is 0 Å². The molecule has 1 unspecified atom stereocenters. The third-order valence-corrected chi connectivity index (χ3v) is 4.66. The first-order chi connectivity index (χ1) is 11.3. The molecule has 3 nitrogen and oxygen atoms in total. The van der Waals surface area contributed by atoms with E-state index >= 15 is 0 Å². The number of quaternary nitrogens is 1. The molecule has 0 spiro atoms. The summed E-state index contributed by atoms with van der Waals surface area (Å²) in [6.07, 6.45) is 2.06. The predicted octanol–water partition coefficient (Wildman–Crippen LogP) is 3.24. The molecule has 0 aliphatic carbocycles.